The van der Waals surface area contributed by atoms with Gasteiger partial charge in [0.1, 0.15) is 0 Å². The molecule has 1 saturated heterocycles. The largest absolute Gasteiger partial charge is 0.338 e. The molecule has 2 aliphatic rings. The van der Waals surface area contributed by atoms with Gasteiger partial charge in [-0.15, -0.1) is 0 Å². The van der Waals surface area contributed by atoms with Gasteiger partial charge in [-0.3, -0.25) is 4.79 Å². The summed E-state index contributed by atoms with van der Waals surface area (Å²) in [5, 5.41) is 0. The molecule has 0 bridgehead atoms. The molecule has 3 unspecified atom stereocenters. The summed E-state index contributed by atoms with van der Waals surface area (Å²) >= 11 is 0. The van der Waals surface area contributed by atoms with E-state index in [1.165, 1.54) is 38.5 Å². The van der Waals surface area contributed by atoms with Gasteiger partial charge >= 0.3 is 0 Å². The average Bonchev–Trinajstić information content (AvgIpc) is 2.44. The van der Waals surface area contributed by atoms with E-state index in [-0.39, 0.29) is 11.9 Å². The number of rotatable bonds is 3. The van der Waals surface area contributed by atoms with Crippen molar-refractivity contribution in [2.45, 2.75) is 70.9 Å². The zero-order chi connectivity index (χ0) is 13.1. The third kappa shape index (κ3) is 2.71. The normalized spacial score (nSPS) is 31.6. The number of likely N-dealkylation sites (tertiary alicyclic amines) is 1. The molecule has 0 aromatic rings. The fraction of sp³-hybridized carbons (Fsp3) is 0.933. The van der Waals surface area contributed by atoms with Crippen molar-refractivity contribution in [1.29, 1.82) is 0 Å². The highest BCUT2D eigenvalue weighted by Gasteiger charge is 2.37. The highest BCUT2D eigenvalue weighted by atomic mass is 16.2. The monoisotopic (exact) mass is 252 g/mol. The van der Waals surface area contributed by atoms with Crippen molar-refractivity contribution in [3.05, 3.63) is 0 Å². The molecule has 4 atom stereocenters. The van der Waals surface area contributed by atoms with Crippen LogP contribution in [0.4, 0.5) is 0 Å². The number of carbonyl (C=O) groups is 1. The number of nitrogens with zero attached hydrogens (tertiary/aromatic N) is 1. The van der Waals surface area contributed by atoms with Gasteiger partial charge in [0.2, 0.25) is 5.91 Å². The summed E-state index contributed by atoms with van der Waals surface area (Å²) in [5.74, 6) is 1.25. The van der Waals surface area contributed by atoms with Gasteiger partial charge in [0.05, 0.1) is 6.04 Å². The Balaban J connectivity index is 2.03. The van der Waals surface area contributed by atoms with Crippen LogP contribution in [-0.2, 0) is 4.79 Å². The maximum absolute atomic E-state index is 12.6. The number of carbonyl (C=O) groups excluding carboxylic acids is 1. The Hall–Kier alpha value is -0.570. The topological polar surface area (TPSA) is 46.3 Å². The maximum Gasteiger partial charge on any atom is 0.240 e. The third-order valence-electron chi connectivity index (χ3n) is 5.07. The van der Waals surface area contributed by atoms with Gasteiger partial charge in [-0.05, 0) is 37.5 Å². The fourth-order valence-electron chi connectivity index (χ4n) is 3.59. The molecule has 1 saturated carbocycles. The van der Waals surface area contributed by atoms with Crippen LogP contribution in [0.5, 0.6) is 0 Å². The second kappa shape index (κ2) is 6.05. The zero-order valence-electron chi connectivity index (χ0n) is 11.9. The summed E-state index contributed by atoms with van der Waals surface area (Å²) in [4.78, 5) is 14.7. The molecule has 2 N–H and O–H groups in total. The lowest BCUT2D eigenvalue weighted by Gasteiger charge is -2.45. The Morgan fingerprint density at radius 3 is 2.67 bits per heavy atom. The van der Waals surface area contributed by atoms with E-state index in [4.69, 9.17) is 5.73 Å². The predicted octanol–water partition coefficient (Wildman–Crippen LogP) is 2.54. The molecule has 0 aromatic carbocycles. The van der Waals surface area contributed by atoms with Crippen LogP contribution in [0.2, 0.25) is 0 Å². The zero-order valence-corrected chi connectivity index (χ0v) is 11.9. The molecule has 0 spiro atoms. The first kappa shape index (κ1) is 13.9. The van der Waals surface area contributed by atoms with Gasteiger partial charge in [0.25, 0.3) is 0 Å². The Morgan fingerprint density at radius 2 is 1.94 bits per heavy atom. The van der Waals surface area contributed by atoms with Crippen molar-refractivity contribution in [1.82, 2.24) is 4.90 Å². The first-order valence-corrected chi connectivity index (χ1v) is 7.71. The van der Waals surface area contributed by atoms with E-state index >= 15 is 0 Å². The number of piperidine rings is 1. The first-order valence-electron chi connectivity index (χ1n) is 7.71. The van der Waals surface area contributed by atoms with Gasteiger partial charge in [-0.25, -0.2) is 0 Å². The lowest BCUT2D eigenvalue weighted by atomic mass is 9.78. The summed E-state index contributed by atoms with van der Waals surface area (Å²) in [7, 11) is 0. The molecular weight excluding hydrogens is 224 g/mol. The minimum Gasteiger partial charge on any atom is -0.338 e. The van der Waals surface area contributed by atoms with Crippen LogP contribution in [0, 0.1) is 11.8 Å². The second-order valence-electron chi connectivity index (χ2n) is 6.20. The van der Waals surface area contributed by atoms with Crippen molar-refractivity contribution in [2.24, 2.45) is 17.6 Å². The molecule has 1 amide bonds. The SMILES string of the molecule is CCC(C)[C@H](N)C(=O)N1CCCC2CCCCC21. The fourth-order valence-corrected chi connectivity index (χ4v) is 3.59. The summed E-state index contributed by atoms with van der Waals surface area (Å²) in [6.07, 6.45) is 8.60. The van der Waals surface area contributed by atoms with Gasteiger partial charge in [0, 0.05) is 12.6 Å². The van der Waals surface area contributed by atoms with Crippen LogP contribution in [0.25, 0.3) is 0 Å². The number of amides is 1. The summed E-state index contributed by atoms with van der Waals surface area (Å²) in [5.41, 5.74) is 6.13. The van der Waals surface area contributed by atoms with E-state index in [1.54, 1.807) is 0 Å². The van der Waals surface area contributed by atoms with Crippen molar-refractivity contribution in [2.75, 3.05) is 6.54 Å². The molecular formula is C15H28N2O. The molecule has 2 rings (SSSR count). The Kier molecular flexibility index (Phi) is 4.66. The molecule has 1 heterocycles. The molecule has 3 heteroatoms. The standard InChI is InChI=1S/C15H28N2O/c1-3-11(2)14(16)15(18)17-10-6-8-12-7-4-5-9-13(12)17/h11-14H,3-10,16H2,1-2H3/t11?,12?,13?,14-/m0/s1. The number of nitrogens with two attached hydrogens (primary N) is 1. The van der Waals surface area contributed by atoms with Crippen molar-refractivity contribution < 1.29 is 4.79 Å². The molecule has 3 nitrogen and oxygen atoms in total. The van der Waals surface area contributed by atoms with Crippen LogP contribution < -0.4 is 5.73 Å². The summed E-state index contributed by atoms with van der Waals surface area (Å²) in [6.45, 7) is 5.13. The van der Waals surface area contributed by atoms with Crippen LogP contribution in [-0.4, -0.2) is 29.4 Å². The number of fused-ring (bicyclic) bond motifs is 1. The van der Waals surface area contributed by atoms with Gasteiger partial charge in [0.15, 0.2) is 0 Å². The molecule has 0 radical (unpaired) electrons. The Bertz CT molecular complexity index is 290. The van der Waals surface area contributed by atoms with E-state index in [1.807, 2.05) is 0 Å². The number of hydrogen-bond donors (Lipinski definition) is 1. The molecule has 1 aliphatic heterocycles. The lowest BCUT2D eigenvalue weighted by Crippen LogP contribution is -2.55. The van der Waals surface area contributed by atoms with E-state index in [9.17, 15) is 4.79 Å². The van der Waals surface area contributed by atoms with Crippen molar-refractivity contribution >= 4 is 5.91 Å². The second-order valence-corrected chi connectivity index (χ2v) is 6.20. The van der Waals surface area contributed by atoms with E-state index in [0.29, 0.717) is 12.0 Å². The minimum atomic E-state index is -0.296. The maximum atomic E-state index is 12.6. The smallest absolute Gasteiger partial charge is 0.240 e. The first-order chi connectivity index (χ1) is 8.65. The average molecular weight is 252 g/mol. The van der Waals surface area contributed by atoms with Gasteiger partial charge < -0.3 is 10.6 Å². The number of hydrogen-bond acceptors (Lipinski definition) is 2. The van der Waals surface area contributed by atoms with Gasteiger partial charge in [-0.2, -0.15) is 0 Å². The van der Waals surface area contributed by atoms with Crippen LogP contribution in [0.3, 0.4) is 0 Å². The summed E-state index contributed by atoms with van der Waals surface area (Å²) < 4.78 is 0. The molecule has 18 heavy (non-hydrogen) atoms. The quantitative estimate of drug-likeness (QED) is 0.839. The van der Waals surface area contributed by atoms with Crippen molar-refractivity contribution in [3.63, 3.8) is 0 Å². The third-order valence-corrected chi connectivity index (χ3v) is 5.07. The van der Waals surface area contributed by atoms with Crippen molar-refractivity contribution in [3.8, 4) is 0 Å². The summed E-state index contributed by atoms with van der Waals surface area (Å²) in [6, 6.07) is 0.200. The van der Waals surface area contributed by atoms with Crippen LogP contribution >= 0.6 is 0 Å². The predicted molar refractivity (Wildman–Crippen MR) is 74.1 cm³/mol. The lowest BCUT2D eigenvalue weighted by molar-refractivity contribution is -0.140. The molecule has 2 fully saturated rings. The highest BCUT2D eigenvalue weighted by Crippen LogP contribution is 2.35. The Morgan fingerprint density at radius 1 is 1.28 bits per heavy atom. The van der Waals surface area contributed by atoms with Crippen LogP contribution in [0.15, 0.2) is 0 Å². The molecule has 1 aliphatic carbocycles. The highest BCUT2D eigenvalue weighted by molar-refractivity contribution is 5.82. The van der Waals surface area contributed by atoms with Crippen LogP contribution in [0.1, 0.15) is 58.8 Å². The van der Waals surface area contributed by atoms with E-state index in [0.717, 1.165) is 18.9 Å². The van der Waals surface area contributed by atoms with E-state index in [2.05, 4.69) is 18.7 Å². The minimum absolute atomic E-state index is 0.209. The Labute approximate surface area is 111 Å². The van der Waals surface area contributed by atoms with Gasteiger partial charge in [-0.1, -0.05) is 33.1 Å². The molecule has 104 valence electrons. The molecule has 0 aromatic heterocycles. The van der Waals surface area contributed by atoms with E-state index < -0.39 is 0 Å².